The van der Waals surface area contributed by atoms with Gasteiger partial charge in [0.1, 0.15) is 5.75 Å². The molecule has 0 fully saturated rings. The summed E-state index contributed by atoms with van der Waals surface area (Å²) in [5.74, 6) is 0.881. The van der Waals surface area contributed by atoms with Crippen molar-refractivity contribution in [3.63, 3.8) is 0 Å². The van der Waals surface area contributed by atoms with Crippen molar-refractivity contribution in [1.82, 2.24) is 5.32 Å². The lowest BCUT2D eigenvalue weighted by Gasteiger charge is -2.27. The van der Waals surface area contributed by atoms with Crippen LogP contribution in [0, 0.1) is 13.8 Å². The maximum atomic E-state index is 12.6. The number of ether oxygens (including phenoxy) is 1. The van der Waals surface area contributed by atoms with Crippen molar-refractivity contribution in [2.75, 3.05) is 7.11 Å². The molecule has 3 heteroatoms. The number of hydrogen-bond donors (Lipinski definition) is 1. The van der Waals surface area contributed by atoms with E-state index in [4.69, 9.17) is 4.74 Å². The lowest BCUT2D eigenvalue weighted by Crippen LogP contribution is -2.31. The molecule has 1 atom stereocenters. The van der Waals surface area contributed by atoms with Gasteiger partial charge in [0, 0.05) is 5.56 Å². The Morgan fingerprint density at radius 2 is 1.96 bits per heavy atom. The van der Waals surface area contributed by atoms with Gasteiger partial charge in [0.25, 0.3) is 5.91 Å². The van der Waals surface area contributed by atoms with Crippen molar-refractivity contribution in [2.45, 2.75) is 39.2 Å². The molecule has 0 heterocycles. The van der Waals surface area contributed by atoms with Crippen LogP contribution in [-0.2, 0) is 6.42 Å². The van der Waals surface area contributed by atoms with E-state index in [2.05, 4.69) is 24.4 Å². The van der Waals surface area contributed by atoms with E-state index in [0.29, 0.717) is 0 Å². The summed E-state index contributed by atoms with van der Waals surface area (Å²) in [4.78, 5) is 12.6. The summed E-state index contributed by atoms with van der Waals surface area (Å²) >= 11 is 0. The molecule has 0 spiro atoms. The minimum Gasteiger partial charge on any atom is -0.497 e. The summed E-state index contributed by atoms with van der Waals surface area (Å²) in [5.41, 5.74) is 5.58. The van der Waals surface area contributed by atoms with Gasteiger partial charge >= 0.3 is 0 Å². The molecule has 3 nitrogen and oxygen atoms in total. The van der Waals surface area contributed by atoms with E-state index in [1.165, 1.54) is 16.7 Å². The minimum atomic E-state index is 0.00164. The standard InChI is InChI=1S/C20H23NO2/c1-13-7-8-16(11-14(13)2)20(22)21-19-6-4-5-15-12-17(23-3)9-10-18(15)19/h7-12,19H,4-6H2,1-3H3,(H,21,22)/t19-/m0/s1. The fraction of sp³-hybridized carbons (Fsp3) is 0.350. The smallest absolute Gasteiger partial charge is 0.251 e. The van der Waals surface area contributed by atoms with Crippen molar-refractivity contribution in [3.8, 4) is 5.75 Å². The molecule has 1 N–H and O–H groups in total. The first-order valence-corrected chi connectivity index (χ1v) is 8.13. The number of nitrogens with one attached hydrogen (secondary N) is 1. The molecule has 0 bridgehead atoms. The highest BCUT2D eigenvalue weighted by atomic mass is 16.5. The van der Waals surface area contributed by atoms with E-state index in [1.807, 2.05) is 31.2 Å². The maximum absolute atomic E-state index is 12.6. The van der Waals surface area contributed by atoms with Crippen LogP contribution in [0.4, 0.5) is 0 Å². The Balaban J connectivity index is 1.81. The molecule has 1 aliphatic rings. The summed E-state index contributed by atoms with van der Waals surface area (Å²) in [6, 6.07) is 12.1. The summed E-state index contributed by atoms with van der Waals surface area (Å²) in [6.07, 6.45) is 3.11. The summed E-state index contributed by atoms with van der Waals surface area (Å²) in [5, 5.41) is 3.20. The molecule has 1 aliphatic carbocycles. The molecule has 0 aliphatic heterocycles. The summed E-state index contributed by atoms with van der Waals surface area (Å²) < 4.78 is 5.30. The number of fused-ring (bicyclic) bond motifs is 1. The molecule has 1 amide bonds. The third-order valence-electron chi connectivity index (χ3n) is 4.74. The fourth-order valence-electron chi connectivity index (χ4n) is 3.19. The first-order valence-electron chi connectivity index (χ1n) is 8.13. The Hall–Kier alpha value is -2.29. The molecule has 0 aromatic heterocycles. The molecule has 0 saturated carbocycles. The van der Waals surface area contributed by atoms with Gasteiger partial charge in [-0.25, -0.2) is 0 Å². The molecular weight excluding hydrogens is 286 g/mol. The highest BCUT2D eigenvalue weighted by molar-refractivity contribution is 5.94. The van der Waals surface area contributed by atoms with Gasteiger partial charge in [-0.2, -0.15) is 0 Å². The normalized spacial score (nSPS) is 16.6. The Kier molecular flexibility index (Phi) is 4.37. The van der Waals surface area contributed by atoms with E-state index in [9.17, 15) is 4.79 Å². The molecule has 2 aromatic rings. The highest BCUT2D eigenvalue weighted by Gasteiger charge is 2.22. The molecule has 23 heavy (non-hydrogen) atoms. The van der Waals surface area contributed by atoms with Crippen LogP contribution in [-0.4, -0.2) is 13.0 Å². The van der Waals surface area contributed by atoms with E-state index >= 15 is 0 Å². The topological polar surface area (TPSA) is 38.3 Å². The number of amides is 1. The Labute approximate surface area is 137 Å². The summed E-state index contributed by atoms with van der Waals surface area (Å²) in [6.45, 7) is 4.09. The van der Waals surface area contributed by atoms with Gasteiger partial charge in [-0.3, -0.25) is 4.79 Å². The highest BCUT2D eigenvalue weighted by Crippen LogP contribution is 2.32. The number of rotatable bonds is 3. The number of carbonyl (C=O) groups is 1. The largest absolute Gasteiger partial charge is 0.497 e. The number of methoxy groups -OCH3 is 1. The second-order valence-electron chi connectivity index (χ2n) is 6.28. The molecule has 0 saturated heterocycles. The van der Waals surface area contributed by atoms with Crippen LogP contribution in [0.25, 0.3) is 0 Å². The SMILES string of the molecule is COc1ccc2c(c1)CCC[C@@H]2NC(=O)c1ccc(C)c(C)c1. The zero-order chi connectivity index (χ0) is 16.4. The van der Waals surface area contributed by atoms with Gasteiger partial charge in [-0.05, 0) is 79.6 Å². The zero-order valence-corrected chi connectivity index (χ0v) is 14.0. The number of benzene rings is 2. The van der Waals surface area contributed by atoms with Crippen LogP contribution in [0.5, 0.6) is 5.75 Å². The van der Waals surface area contributed by atoms with Gasteiger partial charge in [0.2, 0.25) is 0 Å². The number of aryl methyl sites for hydroxylation is 3. The predicted molar refractivity (Wildman–Crippen MR) is 92.1 cm³/mol. The monoisotopic (exact) mass is 309 g/mol. The van der Waals surface area contributed by atoms with Crippen LogP contribution in [0.15, 0.2) is 36.4 Å². The molecule has 0 unspecified atom stereocenters. The van der Waals surface area contributed by atoms with E-state index in [-0.39, 0.29) is 11.9 Å². The van der Waals surface area contributed by atoms with Crippen LogP contribution in [0.1, 0.15) is 51.5 Å². The summed E-state index contributed by atoms with van der Waals surface area (Å²) in [7, 11) is 1.68. The average Bonchev–Trinajstić information content (AvgIpc) is 2.57. The van der Waals surface area contributed by atoms with E-state index in [1.54, 1.807) is 7.11 Å². The van der Waals surface area contributed by atoms with Crippen molar-refractivity contribution < 1.29 is 9.53 Å². The maximum Gasteiger partial charge on any atom is 0.251 e. The van der Waals surface area contributed by atoms with Crippen LogP contribution < -0.4 is 10.1 Å². The fourth-order valence-corrected chi connectivity index (χ4v) is 3.19. The quantitative estimate of drug-likeness (QED) is 0.926. The number of hydrogen-bond acceptors (Lipinski definition) is 2. The molecular formula is C20H23NO2. The molecule has 2 aromatic carbocycles. The molecule has 3 rings (SSSR count). The second-order valence-corrected chi connectivity index (χ2v) is 6.28. The second kappa shape index (κ2) is 6.45. The third-order valence-corrected chi connectivity index (χ3v) is 4.74. The van der Waals surface area contributed by atoms with Gasteiger partial charge in [-0.1, -0.05) is 12.1 Å². The van der Waals surface area contributed by atoms with Crippen LogP contribution in [0.2, 0.25) is 0 Å². The first kappa shape index (κ1) is 15.6. The minimum absolute atomic E-state index is 0.00164. The lowest BCUT2D eigenvalue weighted by atomic mass is 9.87. The first-order chi connectivity index (χ1) is 11.1. The number of carbonyl (C=O) groups excluding carboxylic acids is 1. The van der Waals surface area contributed by atoms with Crippen LogP contribution in [0.3, 0.4) is 0 Å². The lowest BCUT2D eigenvalue weighted by molar-refractivity contribution is 0.0932. The van der Waals surface area contributed by atoms with Gasteiger partial charge in [0.05, 0.1) is 13.2 Å². The van der Waals surface area contributed by atoms with Crippen molar-refractivity contribution in [2.24, 2.45) is 0 Å². The van der Waals surface area contributed by atoms with E-state index < -0.39 is 0 Å². The van der Waals surface area contributed by atoms with Crippen molar-refractivity contribution in [3.05, 3.63) is 64.2 Å². The Morgan fingerprint density at radius 3 is 2.70 bits per heavy atom. The zero-order valence-electron chi connectivity index (χ0n) is 14.0. The third kappa shape index (κ3) is 3.24. The Bertz CT molecular complexity index is 736. The van der Waals surface area contributed by atoms with Crippen LogP contribution >= 0.6 is 0 Å². The van der Waals surface area contributed by atoms with E-state index in [0.717, 1.165) is 36.1 Å². The molecule has 120 valence electrons. The Morgan fingerprint density at radius 1 is 1.13 bits per heavy atom. The van der Waals surface area contributed by atoms with Crippen molar-refractivity contribution in [1.29, 1.82) is 0 Å². The van der Waals surface area contributed by atoms with Gasteiger partial charge < -0.3 is 10.1 Å². The van der Waals surface area contributed by atoms with Gasteiger partial charge in [-0.15, -0.1) is 0 Å². The average molecular weight is 309 g/mol. The molecule has 0 radical (unpaired) electrons. The predicted octanol–water partition coefficient (Wildman–Crippen LogP) is 4.12. The van der Waals surface area contributed by atoms with Gasteiger partial charge in [0.15, 0.2) is 0 Å². The van der Waals surface area contributed by atoms with Crippen molar-refractivity contribution >= 4 is 5.91 Å².